The molecule has 0 N–H and O–H groups in total. The molecule has 1 fully saturated rings. The Morgan fingerprint density at radius 3 is 2.00 bits per heavy atom. The van der Waals surface area contributed by atoms with Gasteiger partial charge < -0.3 is 8.85 Å². The lowest BCUT2D eigenvalue weighted by molar-refractivity contribution is 0.148. The van der Waals surface area contributed by atoms with Crippen molar-refractivity contribution in [1.82, 2.24) is 0 Å². The van der Waals surface area contributed by atoms with E-state index in [9.17, 15) is 0 Å². The molecule has 0 aliphatic carbocycles. The molecule has 2 rings (SSSR count). The maximum atomic E-state index is 5.98. The summed E-state index contributed by atoms with van der Waals surface area (Å²) < 4.78 is 12.0. The van der Waals surface area contributed by atoms with Gasteiger partial charge >= 0.3 is 9.28 Å². The van der Waals surface area contributed by atoms with Crippen molar-refractivity contribution in [3.63, 3.8) is 0 Å². The molecule has 1 aliphatic rings. The van der Waals surface area contributed by atoms with Crippen molar-refractivity contribution < 1.29 is 8.85 Å². The van der Waals surface area contributed by atoms with Crippen molar-refractivity contribution in [2.45, 2.75) is 38.9 Å². The first-order valence-corrected chi connectivity index (χ1v) is 6.92. The fourth-order valence-electron chi connectivity index (χ4n) is 1.86. The molecule has 2 nitrogen and oxygen atoms in total. The van der Waals surface area contributed by atoms with E-state index in [2.05, 4.69) is 26.0 Å². The van der Waals surface area contributed by atoms with Gasteiger partial charge in [0.15, 0.2) is 0 Å². The van der Waals surface area contributed by atoms with Gasteiger partial charge in [0.05, 0.1) is 12.2 Å². The van der Waals surface area contributed by atoms with Gasteiger partial charge in [0.25, 0.3) is 0 Å². The minimum absolute atomic E-state index is 0.295. The highest BCUT2D eigenvalue weighted by Crippen LogP contribution is 2.21. The van der Waals surface area contributed by atoms with E-state index in [1.807, 2.05) is 18.2 Å². The average molecular weight is 221 g/mol. The number of hydrogen-bond acceptors (Lipinski definition) is 2. The van der Waals surface area contributed by atoms with Gasteiger partial charge in [0, 0.05) is 0 Å². The highest BCUT2D eigenvalue weighted by atomic mass is 28.3. The molecule has 15 heavy (non-hydrogen) atoms. The smallest absolute Gasteiger partial charge is 0.384 e. The van der Waals surface area contributed by atoms with E-state index in [4.69, 9.17) is 8.85 Å². The second-order valence-electron chi connectivity index (χ2n) is 3.78. The zero-order valence-corrected chi connectivity index (χ0v) is 10.3. The summed E-state index contributed by atoms with van der Waals surface area (Å²) in [5, 5.41) is 1.22. The minimum Gasteiger partial charge on any atom is -0.384 e. The monoisotopic (exact) mass is 221 g/mol. The van der Waals surface area contributed by atoms with Crippen LogP contribution in [0.1, 0.15) is 26.7 Å². The highest BCUT2D eigenvalue weighted by Gasteiger charge is 2.37. The van der Waals surface area contributed by atoms with E-state index >= 15 is 0 Å². The Kier molecular flexibility index (Phi) is 3.56. The Labute approximate surface area is 93.1 Å². The van der Waals surface area contributed by atoms with Gasteiger partial charge in [0.2, 0.25) is 0 Å². The van der Waals surface area contributed by atoms with Crippen LogP contribution in [0.2, 0.25) is 0 Å². The van der Waals surface area contributed by atoms with Crippen molar-refractivity contribution >= 4 is 14.5 Å². The van der Waals surface area contributed by atoms with Crippen LogP contribution in [0.4, 0.5) is 0 Å². The molecule has 1 aromatic carbocycles. The third kappa shape index (κ3) is 2.30. The molecular formula is C12H17O2Si. The van der Waals surface area contributed by atoms with E-state index in [0.717, 1.165) is 12.8 Å². The summed E-state index contributed by atoms with van der Waals surface area (Å²) in [6.45, 7) is 4.32. The third-order valence-electron chi connectivity index (χ3n) is 2.75. The first-order valence-electron chi connectivity index (χ1n) is 5.60. The van der Waals surface area contributed by atoms with Crippen LogP contribution in [0.5, 0.6) is 0 Å². The zero-order chi connectivity index (χ0) is 10.7. The second-order valence-corrected chi connectivity index (χ2v) is 5.41. The van der Waals surface area contributed by atoms with Crippen LogP contribution in [-0.4, -0.2) is 21.5 Å². The summed E-state index contributed by atoms with van der Waals surface area (Å²) >= 11 is 0. The Balaban J connectivity index is 2.08. The van der Waals surface area contributed by atoms with Gasteiger partial charge in [-0.2, -0.15) is 0 Å². The summed E-state index contributed by atoms with van der Waals surface area (Å²) in [5.74, 6) is 0. The van der Waals surface area contributed by atoms with E-state index in [1.165, 1.54) is 5.19 Å². The van der Waals surface area contributed by atoms with Crippen LogP contribution in [0.25, 0.3) is 0 Å². The standard InChI is InChI=1S/C12H17O2Si/c1-3-11-12(4-2)14-15(13-11)10-8-6-5-7-9-10/h5-9,11-12H,3-4H2,1-2H3. The van der Waals surface area contributed by atoms with Crippen molar-refractivity contribution in [3.05, 3.63) is 30.3 Å². The summed E-state index contributed by atoms with van der Waals surface area (Å²) in [5.41, 5.74) is 0. The first kappa shape index (κ1) is 10.9. The predicted molar refractivity (Wildman–Crippen MR) is 62.2 cm³/mol. The maximum Gasteiger partial charge on any atom is 0.424 e. The lowest BCUT2D eigenvalue weighted by Gasteiger charge is -2.12. The molecule has 1 aliphatic heterocycles. The summed E-state index contributed by atoms with van der Waals surface area (Å²) in [6.07, 6.45) is 2.67. The molecule has 1 heterocycles. The van der Waals surface area contributed by atoms with Gasteiger partial charge in [-0.15, -0.1) is 0 Å². The van der Waals surface area contributed by atoms with E-state index in [1.54, 1.807) is 0 Å². The molecule has 0 saturated carbocycles. The number of benzene rings is 1. The second kappa shape index (κ2) is 4.92. The molecule has 0 aromatic heterocycles. The first-order chi connectivity index (χ1) is 7.35. The molecule has 81 valence electrons. The van der Waals surface area contributed by atoms with Gasteiger partial charge in [-0.1, -0.05) is 44.2 Å². The molecule has 1 aromatic rings. The normalized spacial score (nSPS) is 27.1. The Hall–Kier alpha value is -0.643. The van der Waals surface area contributed by atoms with E-state index < -0.39 is 9.28 Å². The third-order valence-corrected chi connectivity index (χ3v) is 4.58. The predicted octanol–water partition coefficient (Wildman–Crippen LogP) is 1.99. The van der Waals surface area contributed by atoms with Crippen molar-refractivity contribution in [2.24, 2.45) is 0 Å². The molecular weight excluding hydrogens is 204 g/mol. The molecule has 0 amide bonds. The Bertz CT molecular complexity index is 290. The number of hydrogen-bond donors (Lipinski definition) is 0. The fraction of sp³-hybridized carbons (Fsp3) is 0.500. The van der Waals surface area contributed by atoms with Gasteiger partial charge in [-0.05, 0) is 18.0 Å². The van der Waals surface area contributed by atoms with Gasteiger partial charge in [-0.3, -0.25) is 0 Å². The molecule has 1 radical (unpaired) electrons. The van der Waals surface area contributed by atoms with Crippen LogP contribution in [0, 0.1) is 0 Å². The summed E-state index contributed by atoms with van der Waals surface area (Å²) in [7, 11) is -1.21. The number of rotatable bonds is 3. The Morgan fingerprint density at radius 1 is 1.00 bits per heavy atom. The summed E-state index contributed by atoms with van der Waals surface area (Å²) in [6, 6.07) is 10.3. The average Bonchev–Trinajstić information content (AvgIpc) is 2.73. The van der Waals surface area contributed by atoms with Crippen LogP contribution in [0.3, 0.4) is 0 Å². The van der Waals surface area contributed by atoms with Crippen LogP contribution in [-0.2, 0) is 8.85 Å². The van der Waals surface area contributed by atoms with E-state index in [0.29, 0.717) is 12.2 Å². The Morgan fingerprint density at radius 2 is 1.53 bits per heavy atom. The van der Waals surface area contributed by atoms with Crippen LogP contribution in [0.15, 0.2) is 30.3 Å². The molecule has 1 saturated heterocycles. The topological polar surface area (TPSA) is 18.5 Å². The molecule has 0 spiro atoms. The molecule has 2 atom stereocenters. The highest BCUT2D eigenvalue weighted by molar-refractivity contribution is 6.61. The quantitative estimate of drug-likeness (QED) is 0.727. The molecule has 0 bridgehead atoms. The van der Waals surface area contributed by atoms with Gasteiger partial charge in [0.1, 0.15) is 0 Å². The minimum atomic E-state index is -1.21. The van der Waals surface area contributed by atoms with Crippen LogP contribution >= 0.6 is 0 Å². The molecule has 2 unspecified atom stereocenters. The maximum absolute atomic E-state index is 5.98. The lowest BCUT2D eigenvalue weighted by Crippen LogP contribution is -2.32. The molecule has 3 heteroatoms. The largest absolute Gasteiger partial charge is 0.424 e. The van der Waals surface area contributed by atoms with Crippen LogP contribution < -0.4 is 5.19 Å². The van der Waals surface area contributed by atoms with E-state index in [-0.39, 0.29) is 0 Å². The van der Waals surface area contributed by atoms with Crippen molar-refractivity contribution in [2.75, 3.05) is 0 Å². The summed E-state index contributed by atoms with van der Waals surface area (Å²) in [4.78, 5) is 0. The van der Waals surface area contributed by atoms with Crippen molar-refractivity contribution in [1.29, 1.82) is 0 Å². The zero-order valence-electron chi connectivity index (χ0n) is 9.27. The SMILES string of the molecule is CCC1O[Si](c2ccccc2)OC1CC. The lowest BCUT2D eigenvalue weighted by atomic mass is 10.1. The van der Waals surface area contributed by atoms with Gasteiger partial charge in [-0.25, -0.2) is 0 Å². The van der Waals surface area contributed by atoms with Crippen molar-refractivity contribution in [3.8, 4) is 0 Å². The fourth-order valence-corrected chi connectivity index (χ4v) is 3.84.